The van der Waals surface area contributed by atoms with Crippen molar-refractivity contribution in [2.45, 2.75) is 25.8 Å². The number of nitrogens with zero attached hydrogens (tertiary/aromatic N) is 2. The number of halogens is 1. The minimum absolute atomic E-state index is 0.0685. The Morgan fingerprint density at radius 2 is 2.20 bits per heavy atom. The molecule has 2 aromatic rings. The minimum Gasteiger partial charge on any atom is -0.369 e. The normalized spacial score (nSPS) is 22.2. The first-order valence-corrected chi connectivity index (χ1v) is 8.33. The molecule has 0 spiro atoms. The van der Waals surface area contributed by atoms with Crippen LogP contribution in [-0.4, -0.2) is 29.5 Å². The first kappa shape index (κ1) is 13.4. The van der Waals surface area contributed by atoms with Gasteiger partial charge in [0, 0.05) is 6.07 Å². The van der Waals surface area contributed by atoms with Gasteiger partial charge in [0.1, 0.15) is 5.82 Å². The number of fused-ring (bicyclic) bond motifs is 1. The van der Waals surface area contributed by atoms with E-state index in [1.54, 1.807) is 17.6 Å². The molecular formula is C13H16FN3O2S. The second-order valence-electron chi connectivity index (χ2n) is 5.34. The van der Waals surface area contributed by atoms with Gasteiger partial charge in [0.15, 0.2) is 9.84 Å². The van der Waals surface area contributed by atoms with Crippen LogP contribution in [0.4, 0.5) is 10.3 Å². The number of sulfone groups is 1. The van der Waals surface area contributed by atoms with Crippen molar-refractivity contribution in [3.63, 3.8) is 0 Å². The van der Waals surface area contributed by atoms with E-state index in [-0.39, 0.29) is 29.3 Å². The van der Waals surface area contributed by atoms with Gasteiger partial charge in [-0.15, -0.1) is 0 Å². The van der Waals surface area contributed by atoms with Gasteiger partial charge in [-0.3, -0.25) is 0 Å². The second kappa shape index (κ2) is 4.44. The average molecular weight is 297 g/mol. The summed E-state index contributed by atoms with van der Waals surface area (Å²) in [6.45, 7) is 1.67. The molecule has 5 nitrogen and oxygen atoms in total. The van der Waals surface area contributed by atoms with E-state index < -0.39 is 9.84 Å². The standard InChI is InChI=1S/C13H16FN3O2S/c1-8-5-12-11(6-10(8)14)16-13(15)17(12)9-3-2-4-20(18,19)7-9/h5-6,9H,2-4,7H2,1H3,(H2,15,16). The average Bonchev–Trinajstić information content (AvgIpc) is 2.64. The smallest absolute Gasteiger partial charge is 0.201 e. The lowest BCUT2D eigenvalue weighted by molar-refractivity contribution is 0.483. The molecule has 1 unspecified atom stereocenters. The molecule has 108 valence electrons. The lowest BCUT2D eigenvalue weighted by atomic mass is 10.1. The maximum atomic E-state index is 13.6. The van der Waals surface area contributed by atoms with Gasteiger partial charge < -0.3 is 10.3 Å². The molecule has 0 radical (unpaired) electrons. The molecule has 1 fully saturated rings. The summed E-state index contributed by atoms with van der Waals surface area (Å²) in [4.78, 5) is 4.14. The van der Waals surface area contributed by atoms with Crippen LogP contribution in [0.15, 0.2) is 12.1 Å². The van der Waals surface area contributed by atoms with E-state index >= 15 is 0 Å². The van der Waals surface area contributed by atoms with Crippen LogP contribution in [0.25, 0.3) is 11.0 Å². The SMILES string of the molecule is Cc1cc2c(cc1F)nc(N)n2C1CCCS(=O)(=O)C1. The quantitative estimate of drug-likeness (QED) is 0.871. The Kier molecular flexibility index (Phi) is 2.97. The molecule has 0 amide bonds. The summed E-state index contributed by atoms with van der Waals surface area (Å²) in [5.41, 5.74) is 7.57. The van der Waals surface area contributed by atoms with Crippen molar-refractivity contribution in [2.24, 2.45) is 0 Å². The number of benzene rings is 1. The first-order valence-electron chi connectivity index (χ1n) is 6.51. The fourth-order valence-electron chi connectivity index (χ4n) is 2.83. The van der Waals surface area contributed by atoms with Gasteiger partial charge in [0.25, 0.3) is 0 Å². The first-order chi connectivity index (χ1) is 9.37. The molecule has 2 N–H and O–H groups in total. The van der Waals surface area contributed by atoms with E-state index in [1.807, 2.05) is 0 Å². The van der Waals surface area contributed by atoms with Gasteiger partial charge in [0.05, 0.1) is 28.6 Å². The van der Waals surface area contributed by atoms with Crippen molar-refractivity contribution >= 4 is 26.8 Å². The zero-order valence-corrected chi connectivity index (χ0v) is 12.0. The third-order valence-electron chi connectivity index (χ3n) is 3.80. The van der Waals surface area contributed by atoms with E-state index in [2.05, 4.69) is 4.98 Å². The van der Waals surface area contributed by atoms with Gasteiger partial charge in [-0.05, 0) is 31.4 Å². The molecule has 20 heavy (non-hydrogen) atoms. The summed E-state index contributed by atoms with van der Waals surface area (Å²) < 4.78 is 38.9. The van der Waals surface area contributed by atoms with Crippen molar-refractivity contribution in [1.29, 1.82) is 0 Å². The summed E-state index contributed by atoms with van der Waals surface area (Å²) >= 11 is 0. The molecule has 3 rings (SSSR count). The third-order valence-corrected chi connectivity index (χ3v) is 5.60. The molecule has 1 aliphatic heterocycles. The van der Waals surface area contributed by atoms with Crippen LogP contribution in [0.1, 0.15) is 24.4 Å². The summed E-state index contributed by atoms with van der Waals surface area (Å²) in [7, 11) is -3.04. The number of imidazole rings is 1. The van der Waals surface area contributed by atoms with Gasteiger partial charge in [-0.1, -0.05) is 0 Å². The highest BCUT2D eigenvalue weighted by Gasteiger charge is 2.28. The maximum Gasteiger partial charge on any atom is 0.201 e. The number of aryl methyl sites for hydroxylation is 1. The minimum atomic E-state index is -3.04. The van der Waals surface area contributed by atoms with Gasteiger partial charge in [-0.25, -0.2) is 17.8 Å². The zero-order chi connectivity index (χ0) is 14.5. The number of hydrogen-bond donors (Lipinski definition) is 1. The predicted octanol–water partition coefficient (Wildman–Crippen LogP) is 1.82. The number of anilines is 1. The van der Waals surface area contributed by atoms with Crippen LogP contribution >= 0.6 is 0 Å². The van der Waals surface area contributed by atoms with Gasteiger partial charge in [0.2, 0.25) is 5.95 Å². The van der Waals surface area contributed by atoms with Crippen molar-refractivity contribution in [2.75, 3.05) is 17.2 Å². The third kappa shape index (κ3) is 2.15. The van der Waals surface area contributed by atoms with E-state index in [0.717, 1.165) is 6.42 Å². The molecule has 1 atom stereocenters. The highest BCUT2D eigenvalue weighted by Crippen LogP contribution is 2.31. The summed E-state index contributed by atoms with van der Waals surface area (Å²) in [6.07, 6.45) is 1.36. The largest absolute Gasteiger partial charge is 0.369 e. The molecule has 1 aliphatic rings. The fourth-order valence-corrected chi connectivity index (χ4v) is 4.50. The van der Waals surface area contributed by atoms with E-state index in [9.17, 15) is 12.8 Å². The van der Waals surface area contributed by atoms with Crippen molar-refractivity contribution < 1.29 is 12.8 Å². The number of rotatable bonds is 1. The van der Waals surface area contributed by atoms with Crippen molar-refractivity contribution in [1.82, 2.24) is 9.55 Å². The molecule has 1 aromatic heterocycles. The second-order valence-corrected chi connectivity index (χ2v) is 7.57. The maximum absolute atomic E-state index is 13.6. The highest BCUT2D eigenvalue weighted by atomic mass is 32.2. The molecule has 7 heteroatoms. The molecule has 0 bridgehead atoms. The topological polar surface area (TPSA) is 78.0 Å². The fraction of sp³-hybridized carbons (Fsp3) is 0.462. The highest BCUT2D eigenvalue weighted by molar-refractivity contribution is 7.91. The van der Waals surface area contributed by atoms with E-state index in [0.29, 0.717) is 23.0 Å². The van der Waals surface area contributed by atoms with Crippen molar-refractivity contribution in [3.05, 3.63) is 23.5 Å². The molecular weight excluding hydrogens is 281 g/mol. The Bertz CT molecular complexity index is 783. The Labute approximate surface area is 116 Å². The Morgan fingerprint density at radius 1 is 1.45 bits per heavy atom. The summed E-state index contributed by atoms with van der Waals surface area (Å²) in [5.74, 6) is 0.202. The van der Waals surface area contributed by atoms with Crippen LogP contribution in [0, 0.1) is 12.7 Å². The summed E-state index contributed by atoms with van der Waals surface area (Å²) in [5, 5.41) is 0. The Hall–Kier alpha value is -1.63. The number of aromatic nitrogens is 2. The van der Waals surface area contributed by atoms with Crippen LogP contribution in [0.5, 0.6) is 0 Å². The van der Waals surface area contributed by atoms with E-state index in [4.69, 9.17) is 5.73 Å². The lowest BCUT2D eigenvalue weighted by Gasteiger charge is -2.24. The summed E-state index contributed by atoms with van der Waals surface area (Å²) in [6, 6.07) is 2.80. The number of nitrogen functional groups attached to an aromatic ring is 1. The lowest BCUT2D eigenvalue weighted by Crippen LogP contribution is -2.28. The van der Waals surface area contributed by atoms with E-state index in [1.165, 1.54) is 6.07 Å². The number of nitrogens with two attached hydrogens (primary N) is 1. The Balaban J connectivity index is 2.16. The van der Waals surface area contributed by atoms with Crippen molar-refractivity contribution in [3.8, 4) is 0 Å². The predicted molar refractivity (Wildman–Crippen MR) is 75.8 cm³/mol. The zero-order valence-electron chi connectivity index (χ0n) is 11.1. The van der Waals surface area contributed by atoms with Gasteiger partial charge in [-0.2, -0.15) is 0 Å². The monoisotopic (exact) mass is 297 g/mol. The van der Waals surface area contributed by atoms with Crippen LogP contribution < -0.4 is 5.73 Å². The van der Waals surface area contributed by atoms with Crippen LogP contribution in [-0.2, 0) is 9.84 Å². The molecule has 0 saturated carbocycles. The molecule has 1 aromatic carbocycles. The Morgan fingerprint density at radius 3 is 2.90 bits per heavy atom. The number of hydrogen-bond acceptors (Lipinski definition) is 4. The van der Waals surface area contributed by atoms with Gasteiger partial charge >= 0.3 is 0 Å². The van der Waals surface area contributed by atoms with Crippen LogP contribution in [0.3, 0.4) is 0 Å². The molecule has 1 saturated heterocycles. The molecule has 0 aliphatic carbocycles. The van der Waals surface area contributed by atoms with Crippen LogP contribution in [0.2, 0.25) is 0 Å². The molecule has 2 heterocycles.